The molecule has 0 amide bonds. The molecule has 0 heterocycles. The average Bonchev–Trinajstić information content (AvgIpc) is 1.99. The molecule has 0 saturated heterocycles. The van der Waals surface area contributed by atoms with Gasteiger partial charge in [0, 0.05) is 5.57 Å². The minimum absolute atomic E-state index is 0.0946. The molecular weight excluding hydrogens is 128 g/mol. The van der Waals surface area contributed by atoms with E-state index in [2.05, 4.69) is 13.2 Å². The van der Waals surface area contributed by atoms with Gasteiger partial charge in [-0.25, -0.2) is 0 Å². The van der Waals surface area contributed by atoms with Crippen molar-refractivity contribution in [3.05, 3.63) is 36.5 Å². The molecule has 2 nitrogen and oxygen atoms in total. The topological polar surface area (TPSA) is 37.3 Å². The first-order valence-corrected chi connectivity index (χ1v) is 2.81. The summed E-state index contributed by atoms with van der Waals surface area (Å²) in [5.41, 5.74) is 0.928. The van der Waals surface area contributed by atoms with E-state index in [-0.39, 0.29) is 6.61 Å². The quantitative estimate of drug-likeness (QED) is 0.355. The molecule has 0 bridgehead atoms. The third-order valence-corrected chi connectivity index (χ3v) is 0.888. The first-order valence-electron chi connectivity index (χ1n) is 2.81. The highest BCUT2D eigenvalue weighted by Gasteiger charge is 1.83. The Labute approximate surface area is 60.2 Å². The third kappa shape index (κ3) is 3.80. The standard InChI is InChI=1S/C8H10O2/c1-7(5-9)3-4-8(2)6-10/h3-5,10H,1-2,6H2/b4-3-. The van der Waals surface area contributed by atoms with Crippen LogP contribution >= 0.6 is 0 Å². The molecule has 2 heteroatoms. The van der Waals surface area contributed by atoms with Gasteiger partial charge in [-0.2, -0.15) is 0 Å². The first kappa shape index (κ1) is 8.85. The van der Waals surface area contributed by atoms with Crippen LogP contribution in [0.15, 0.2) is 36.5 Å². The molecule has 0 spiro atoms. The Morgan fingerprint density at radius 3 is 2.40 bits per heavy atom. The lowest BCUT2D eigenvalue weighted by Crippen LogP contribution is -1.83. The number of carbonyl (C=O) groups excluding carboxylic acids is 1. The molecule has 10 heavy (non-hydrogen) atoms. The van der Waals surface area contributed by atoms with Crippen LogP contribution in [0.1, 0.15) is 0 Å². The van der Waals surface area contributed by atoms with Crippen molar-refractivity contribution in [2.45, 2.75) is 0 Å². The van der Waals surface area contributed by atoms with Crippen molar-refractivity contribution >= 4 is 6.29 Å². The van der Waals surface area contributed by atoms with Gasteiger partial charge in [-0.15, -0.1) is 0 Å². The summed E-state index contributed by atoms with van der Waals surface area (Å²) >= 11 is 0. The third-order valence-electron chi connectivity index (χ3n) is 0.888. The lowest BCUT2D eigenvalue weighted by atomic mass is 10.2. The summed E-state index contributed by atoms with van der Waals surface area (Å²) < 4.78 is 0. The Morgan fingerprint density at radius 1 is 1.40 bits per heavy atom. The Hall–Kier alpha value is -1.15. The molecule has 0 unspecified atom stereocenters. The summed E-state index contributed by atoms with van der Waals surface area (Å²) in [6, 6.07) is 0. The number of rotatable bonds is 4. The molecule has 0 aliphatic rings. The van der Waals surface area contributed by atoms with Crippen molar-refractivity contribution in [2.24, 2.45) is 0 Å². The molecule has 0 aliphatic carbocycles. The molecule has 0 aromatic rings. The van der Waals surface area contributed by atoms with Gasteiger partial charge in [-0.3, -0.25) is 4.79 Å². The maximum atomic E-state index is 9.96. The van der Waals surface area contributed by atoms with Gasteiger partial charge in [-0.1, -0.05) is 25.3 Å². The Bertz CT molecular complexity index is 178. The van der Waals surface area contributed by atoms with E-state index < -0.39 is 0 Å². The van der Waals surface area contributed by atoms with Crippen LogP contribution in [-0.2, 0) is 4.79 Å². The van der Waals surface area contributed by atoms with Crippen molar-refractivity contribution in [3.8, 4) is 0 Å². The number of aliphatic hydroxyl groups is 1. The molecule has 0 aliphatic heterocycles. The molecule has 0 atom stereocenters. The van der Waals surface area contributed by atoms with Crippen LogP contribution in [0.5, 0.6) is 0 Å². The van der Waals surface area contributed by atoms with E-state index >= 15 is 0 Å². The van der Waals surface area contributed by atoms with Crippen LogP contribution < -0.4 is 0 Å². The molecule has 54 valence electrons. The lowest BCUT2D eigenvalue weighted by molar-refractivity contribution is -0.104. The number of hydrogen-bond acceptors (Lipinski definition) is 2. The van der Waals surface area contributed by atoms with Crippen LogP contribution in [-0.4, -0.2) is 18.0 Å². The summed E-state index contributed by atoms with van der Waals surface area (Å²) in [6.07, 6.45) is 3.70. The van der Waals surface area contributed by atoms with Gasteiger partial charge < -0.3 is 5.11 Å². The molecule has 0 saturated carbocycles. The second kappa shape index (κ2) is 4.70. The smallest absolute Gasteiger partial charge is 0.149 e. The van der Waals surface area contributed by atoms with E-state index in [0.717, 1.165) is 0 Å². The van der Waals surface area contributed by atoms with Gasteiger partial charge in [0.15, 0.2) is 0 Å². The van der Waals surface area contributed by atoms with Gasteiger partial charge in [0.25, 0.3) is 0 Å². The maximum Gasteiger partial charge on any atom is 0.149 e. The predicted octanol–water partition coefficient (Wildman–Crippen LogP) is 0.846. The largest absolute Gasteiger partial charge is 0.392 e. The Morgan fingerprint density at radius 2 is 2.00 bits per heavy atom. The zero-order chi connectivity index (χ0) is 7.98. The van der Waals surface area contributed by atoms with Crippen LogP contribution in [0.4, 0.5) is 0 Å². The highest BCUT2D eigenvalue weighted by Crippen LogP contribution is 1.93. The van der Waals surface area contributed by atoms with Crippen LogP contribution in [0.3, 0.4) is 0 Å². The summed E-state index contributed by atoms with van der Waals surface area (Å²) in [7, 11) is 0. The SMILES string of the molecule is C=C(C=O)/C=C\C(=C)CO. The van der Waals surface area contributed by atoms with Gasteiger partial charge in [0.2, 0.25) is 0 Å². The number of hydrogen-bond donors (Lipinski definition) is 1. The lowest BCUT2D eigenvalue weighted by Gasteiger charge is -1.88. The van der Waals surface area contributed by atoms with Crippen molar-refractivity contribution in [1.82, 2.24) is 0 Å². The van der Waals surface area contributed by atoms with E-state index in [1.54, 1.807) is 6.08 Å². The van der Waals surface area contributed by atoms with Crippen molar-refractivity contribution < 1.29 is 9.90 Å². The summed E-state index contributed by atoms with van der Waals surface area (Å²) in [5.74, 6) is 0. The second-order valence-corrected chi connectivity index (χ2v) is 1.84. The van der Waals surface area contributed by atoms with Crippen LogP contribution in [0.25, 0.3) is 0 Å². The Balaban J connectivity index is 3.87. The molecule has 0 aromatic carbocycles. The van der Waals surface area contributed by atoms with Crippen molar-refractivity contribution in [3.63, 3.8) is 0 Å². The summed E-state index contributed by atoms with van der Waals surface area (Å²) in [6.45, 7) is 6.79. The molecular formula is C8H10O2. The highest BCUT2D eigenvalue weighted by molar-refractivity contribution is 5.76. The highest BCUT2D eigenvalue weighted by atomic mass is 16.3. The molecule has 1 N–H and O–H groups in total. The van der Waals surface area contributed by atoms with Crippen molar-refractivity contribution in [2.75, 3.05) is 6.61 Å². The molecule has 0 rings (SSSR count). The van der Waals surface area contributed by atoms with E-state index in [1.165, 1.54) is 6.08 Å². The summed E-state index contributed by atoms with van der Waals surface area (Å²) in [4.78, 5) is 9.96. The Kier molecular flexibility index (Phi) is 4.16. The zero-order valence-corrected chi connectivity index (χ0v) is 5.71. The fraction of sp³-hybridized carbons (Fsp3) is 0.125. The molecule has 0 aromatic heterocycles. The van der Waals surface area contributed by atoms with Gasteiger partial charge >= 0.3 is 0 Å². The fourth-order valence-corrected chi connectivity index (χ4v) is 0.317. The number of aliphatic hydroxyl groups excluding tert-OH is 1. The molecule has 0 radical (unpaired) electrons. The minimum Gasteiger partial charge on any atom is -0.392 e. The average molecular weight is 138 g/mol. The first-order chi connectivity index (χ1) is 4.70. The van der Waals surface area contributed by atoms with E-state index in [1.807, 2.05) is 0 Å². The number of allylic oxidation sites excluding steroid dienone is 2. The van der Waals surface area contributed by atoms with Gasteiger partial charge in [0.1, 0.15) is 6.29 Å². The van der Waals surface area contributed by atoms with E-state index in [4.69, 9.17) is 5.11 Å². The van der Waals surface area contributed by atoms with E-state index in [9.17, 15) is 4.79 Å². The predicted molar refractivity (Wildman–Crippen MR) is 40.6 cm³/mol. The number of carbonyl (C=O) groups is 1. The van der Waals surface area contributed by atoms with Crippen LogP contribution in [0.2, 0.25) is 0 Å². The number of aldehydes is 1. The van der Waals surface area contributed by atoms with Gasteiger partial charge in [0.05, 0.1) is 6.61 Å². The summed E-state index contributed by atoms with van der Waals surface area (Å²) in [5, 5.41) is 8.45. The van der Waals surface area contributed by atoms with Gasteiger partial charge in [-0.05, 0) is 5.57 Å². The fourth-order valence-electron chi connectivity index (χ4n) is 0.317. The zero-order valence-electron chi connectivity index (χ0n) is 5.71. The molecule has 0 fully saturated rings. The van der Waals surface area contributed by atoms with E-state index in [0.29, 0.717) is 17.4 Å². The van der Waals surface area contributed by atoms with Crippen LogP contribution in [0, 0.1) is 0 Å². The maximum absolute atomic E-state index is 9.96. The second-order valence-electron chi connectivity index (χ2n) is 1.84. The monoisotopic (exact) mass is 138 g/mol. The normalized spacial score (nSPS) is 9.70. The minimum atomic E-state index is -0.0946. The van der Waals surface area contributed by atoms with Crippen molar-refractivity contribution in [1.29, 1.82) is 0 Å².